The van der Waals surface area contributed by atoms with Crippen molar-refractivity contribution in [3.05, 3.63) is 35.4 Å². The summed E-state index contributed by atoms with van der Waals surface area (Å²) in [5.74, 6) is 6.55. The monoisotopic (exact) mass is 257 g/mol. The van der Waals surface area contributed by atoms with E-state index >= 15 is 0 Å². The predicted octanol–water partition coefficient (Wildman–Crippen LogP) is 2.65. The van der Waals surface area contributed by atoms with Gasteiger partial charge in [-0.2, -0.15) is 0 Å². The highest BCUT2D eigenvalue weighted by Gasteiger charge is 2.16. The van der Waals surface area contributed by atoms with Crippen LogP contribution in [0.5, 0.6) is 0 Å². The third-order valence-corrected chi connectivity index (χ3v) is 3.74. The first-order valence-corrected chi connectivity index (χ1v) is 7.15. The van der Waals surface area contributed by atoms with E-state index in [2.05, 4.69) is 35.9 Å². The topological polar surface area (TPSA) is 23.5 Å². The van der Waals surface area contributed by atoms with E-state index in [1.54, 1.807) is 0 Å². The van der Waals surface area contributed by atoms with Gasteiger partial charge < -0.3 is 10.0 Å². The molecule has 0 spiro atoms. The summed E-state index contributed by atoms with van der Waals surface area (Å²) in [6.45, 7) is 2.10. The van der Waals surface area contributed by atoms with E-state index in [-0.39, 0.29) is 6.61 Å². The molecule has 19 heavy (non-hydrogen) atoms. The number of hydrogen-bond acceptors (Lipinski definition) is 2. The minimum atomic E-state index is -0.0776. The van der Waals surface area contributed by atoms with Gasteiger partial charge in [-0.3, -0.25) is 0 Å². The Morgan fingerprint density at radius 1 is 1.32 bits per heavy atom. The van der Waals surface area contributed by atoms with Crippen molar-refractivity contribution in [2.24, 2.45) is 5.92 Å². The fraction of sp³-hybridized carbons (Fsp3) is 0.529. The van der Waals surface area contributed by atoms with Gasteiger partial charge in [0.15, 0.2) is 0 Å². The average Bonchev–Trinajstić information content (AvgIpc) is 2.89. The van der Waals surface area contributed by atoms with E-state index in [0.29, 0.717) is 0 Å². The van der Waals surface area contributed by atoms with Crippen molar-refractivity contribution >= 4 is 0 Å². The highest BCUT2D eigenvalue weighted by molar-refractivity contribution is 5.37. The maximum atomic E-state index is 8.72. The minimum absolute atomic E-state index is 0.0776. The van der Waals surface area contributed by atoms with Gasteiger partial charge >= 0.3 is 0 Å². The fourth-order valence-corrected chi connectivity index (χ4v) is 2.90. The van der Waals surface area contributed by atoms with Gasteiger partial charge in [-0.1, -0.05) is 36.8 Å². The van der Waals surface area contributed by atoms with E-state index < -0.39 is 0 Å². The SMILES string of the molecule is CN(Cc1cccc(C#CCO)c1)CC1CCCC1. The minimum Gasteiger partial charge on any atom is -0.384 e. The second-order valence-electron chi connectivity index (χ2n) is 5.51. The number of benzene rings is 1. The molecule has 2 heteroatoms. The molecule has 0 aliphatic heterocycles. The van der Waals surface area contributed by atoms with E-state index in [1.807, 2.05) is 12.1 Å². The Kier molecular flexibility index (Phi) is 5.44. The lowest BCUT2D eigenvalue weighted by Gasteiger charge is -2.20. The molecule has 102 valence electrons. The van der Waals surface area contributed by atoms with Gasteiger partial charge in [0, 0.05) is 18.7 Å². The predicted molar refractivity (Wildman–Crippen MR) is 78.7 cm³/mol. The standard InChI is InChI=1S/C17H23NO/c1-18(13-16-6-2-3-7-16)14-17-9-4-8-15(12-17)10-5-11-19/h4,8-9,12,16,19H,2-3,6-7,11,13-14H2,1H3. The molecule has 0 aromatic heterocycles. The van der Waals surface area contributed by atoms with Crippen LogP contribution >= 0.6 is 0 Å². The maximum absolute atomic E-state index is 8.72. The highest BCUT2D eigenvalue weighted by Crippen LogP contribution is 2.25. The second-order valence-corrected chi connectivity index (χ2v) is 5.51. The van der Waals surface area contributed by atoms with E-state index in [4.69, 9.17) is 5.11 Å². The second kappa shape index (κ2) is 7.33. The lowest BCUT2D eigenvalue weighted by molar-refractivity contribution is 0.271. The summed E-state index contributed by atoms with van der Waals surface area (Å²) >= 11 is 0. The molecule has 1 N–H and O–H groups in total. The van der Waals surface area contributed by atoms with Crippen LogP contribution in [-0.2, 0) is 6.54 Å². The molecular weight excluding hydrogens is 234 g/mol. The lowest BCUT2D eigenvalue weighted by atomic mass is 10.1. The van der Waals surface area contributed by atoms with E-state index in [9.17, 15) is 0 Å². The van der Waals surface area contributed by atoms with Crippen molar-refractivity contribution < 1.29 is 5.11 Å². The molecule has 0 amide bonds. The molecule has 1 aromatic carbocycles. The van der Waals surface area contributed by atoms with Gasteiger partial charge in [0.05, 0.1) is 0 Å². The number of hydrogen-bond donors (Lipinski definition) is 1. The largest absolute Gasteiger partial charge is 0.384 e. The number of aliphatic hydroxyl groups excluding tert-OH is 1. The van der Waals surface area contributed by atoms with E-state index in [1.165, 1.54) is 37.8 Å². The van der Waals surface area contributed by atoms with Crippen molar-refractivity contribution in [1.82, 2.24) is 4.90 Å². The average molecular weight is 257 g/mol. The van der Waals surface area contributed by atoms with Crippen LogP contribution < -0.4 is 0 Å². The number of nitrogens with zero attached hydrogens (tertiary/aromatic N) is 1. The molecule has 1 fully saturated rings. The molecule has 1 aromatic rings. The molecule has 2 nitrogen and oxygen atoms in total. The first-order chi connectivity index (χ1) is 9.28. The Morgan fingerprint density at radius 3 is 2.84 bits per heavy atom. The lowest BCUT2D eigenvalue weighted by Crippen LogP contribution is -2.24. The van der Waals surface area contributed by atoms with Crippen molar-refractivity contribution in [1.29, 1.82) is 0 Å². The Labute approximate surface area is 116 Å². The van der Waals surface area contributed by atoms with Gasteiger partial charge in [-0.15, -0.1) is 0 Å². The zero-order chi connectivity index (χ0) is 13.5. The first-order valence-electron chi connectivity index (χ1n) is 7.15. The van der Waals surface area contributed by atoms with Crippen LogP contribution in [0.25, 0.3) is 0 Å². The summed E-state index contributed by atoms with van der Waals surface area (Å²) in [4.78, 5) is 2.41. The van der Waals surface area contributed by atoms with Crippen molar-refractivity contribution in [2.75, 3.05) is 20.2 Å². The van der Waals surface area contributed by atoms with Crippen LogP contribution in [-0.4, -0.2) is 30.2 Å². The van der Waals surface area contributed by atoms with Crippen LogP contribution in [0.3, 0.4) is 0 Å². The Bertz CT molecular complexity index is 452. The van der Waals surface area contributed by atoms with Gasteiger partial charge in [-0.25, -0.2) is 0 Å². The quantitative estimate of drug-likeness (QED) is 0.838. The molecular formula is C17H23NO. The molecule has 0 saturated heterocycles. The summed E-state index contributed by atoms with van der Waals surface area (Å²) in [6.07, 6.45) is 5.61. The number of aliphatic hydroxyl groups is 1. The van der Waals surface area contributed by atoms with Crippen LogP contribution in [0, 0.1) is 17.8 Å². The van der Waals surface area contributed by atoms with Crippen LogP contribution in [0.2, 0.25) is 0 Å². The summed E-state index contributed by atoms with van der Waals surface area (Å²) in [5, 5.41) is 8.72. The van der Waals surface area contributed by atoms with E-state index in [0.717, 1.165) is 18.0 Å². The zero-order valence-corrected chi connectivity index (χ0v) is 11.7. The maximum Gasteiger partial charge on any atom is 0.104 e. The van der Waals surface area contributed by atoms with Crippen LogP contribution in [0.1, 0.15) is 36.8 Å². The van der Waals surface area contributed by atoms with Gasteiger partial charge in [0.25, 0.3) is 0 Å². The molecule has 0 bridgehead atoms. The summed E-state index contributed by atoms with van der Waals surface area (Å²) in [7, 11) is 2.20. The smallest absolute Gasteiger partial charge is 0.104 e. The normalized spacial score (nSPS) is 15.5. The number of rotatable bonds is 4. The van der Waals surface area contributed by atoms with Gasteiger partial charge in [-0.05, 0) is 43.5 Å². The van der Waals surface area contributed by atoms with Gasteiger partial charge in [0.2, 0.25) is 0 Å². The molecule has 0 radical (unpaired) electrons. The summed E-state index contributed by atoms with van der Waals surface area (Å²) in [5.41, 5.74) is 2.28. The molecule has 1 saturated carbocycles. The summed E-state index contributed by atoms with van der Waals surface area (Å²) < 4.78 is 0. The van der Waals surface area contributed by atoms with Crippen molar-refractivity contribution in [3.8, 4) is 11.8 Å². The Morgan fingerprint density at radius 2 is 2.11 bits per heavy atom. The molecule has 1 aliphatic carbocycles. The van der Waals surface area contributed by atoms with Crippen molar-refractivity contribution in [2.45, 2.75) is 32.2 Å². The van der Waals surface area contributed by atoms with Crippen LogP contribution in [0.15, 0.2) is 24.3 Å². The molecule has 1 aliphatic rings. The third-order valence-electron chi connectivity index (χ3n) is 3.74. The zero-order valence-electron chi connectivity index (χ0n) is 11.7. The van der Waals surface area contributed by atoms with Crippen molar-refractivity contribution in [3.63, 3.8) is 0 Å². The Hall–Kier alpha value is -1.30. The fourth-order valence-electron chi connectivity index (χ4n) is 2.90. The van der Waals surface area contributed by atoms with Gasteiger partial charge in [0.1, 0.15) is 6.61 Å². The molecule has 2 rings (SSSR count). The van der Waals surface area contributed by atoms with Crippen LogP contribution in [0.4, 0.5) is 0 Å². The molecule has 0 unspecified atom stereocenters. The molecule has 0 heterocycles. The third kappa shape index (κ3) is 4.70. The highest BCUT2D eigenvalue weighted by atomic mass is 16.2. The Balaban J connectivity index is 1.90. The summed E-state index contributed by atoms with van der Waals surface area (Å²) in [6, 6.07) is 8.30. The molecule has 0 atom stereocenters. The first kappa shape index (κ1) is 14.1.